The zero-order valence-electron chi connectivity index (χ0n) is 20.4. The van der Waals surface area contributed by atoms with Crippen molar-refractivity contribution in [2.24, 2.45) is 11.3 Å². The molecule has 2 aliphatic heterocycles. The van der Waals surface area contributed by atoms with Crippen molar-refractivity contribution in [3.63, 3.8) is 0 Å². The molecule has 2 bridgehead atoms. The van der Waals surface area contributed by atoms with Crippen LogP contribution in [0.1, 0.15) is 60.3 Å². The average Bonchev–Trinajstić information content (AvgIpc) is 3.04. The van der Waals surface area contributed by atoms with E-state index in [4.69, 9.17) is 23.7 Å². The van der Waals surface area contributed by atoms with E-state index in [1.54, 1.807) is 13.8 Å². The van der Waals surface area contributed by atoms with E-state index >= 15 is 0 Å². The molecule has 6 unspecified atom stereocenters. The molecule has 5 aliphatic rings. The maximum Gasteiger partial charge on any atom is 0.509 e. The largest absolute Gasteiger partial charge is 0.509 e. The summed E-state index contributed by atoms with van der Waals surface area (Å²) in [5.74, 6) is -2.23. The third-order valence-corrected chi connectivity index (χ3v) is 8.99. The fourth-order valence-corrected chi connectivity index (χ4v) is 7.34. The molecular formula is C25H34O9. The maximum atomic E-state index is 12.6. The first kappa shape index (κ1) is 23.8. The number of hydrogen-bond acceptors (Lipinski definition) is 9. The van der Waals surface area contributed by atoms with Crippen molar-refractivity contribution in [3.8, 4) is 0 Å². The predicted molar refractivity (Wildman–Crippen MR) is 117 cm³/mol. The highest BCUT2D eigenvalue weighted by atomic mass is 16.8. The molecule has 2 N–H and O–H groups in total. The Morgan fingerprint density at radius 2 is 1.76 bits per heavy atom. The van der Waals surface area contributed by atoms with Crippen molar-refractivity contribution in [2.45, 2.75) is 107 Å². The first-order chi connectivity index (χ1) is 15.6. The van der Waals surface area contributed by atoms with Gasteiger partial charge in [0.2, 0.25) is 0 Å². The molecule has 3 aliphatic carbocycles. The third kappa shape index (κ3) is 2.75. The highest BCUT2D eigenvalue weighted by Gasteiger charge is 2.78. The second-order valence-corrected chi connectivity index (χ2v) is 11.4. The van der Waals surface area contributed by atoms with Gasteiger partial charge in [0.05, 0.1) is 11.7 Å². The molecule has 0 amide bonds. The number of aliphatic hydroxyl groups is 2. The van der Waals surface area contributed by atoms with Crippen molar-refractivity contribution in [3.05, 3.63) is 24.3 Å². The van der Waals surface area contributed by atoms with E-state index in [0.717, 1.165) is 5.57 Å². The minimum Gasteiger partial charge on any atom is -0.456 e. The summed E-state index contributed by atoms with van der Waals surface area (Å²) in [5, 5.41) is 23.9. The number of hydrogen-bond donors (Lipinski definition) is 2. The molecule has 1 spiro atoms. The molecule has 9 atom stereocenters. The Balaban J connectivity index is 1.84. The number of carbonyl (C=O) groups is 2. The van der Waals surface area contributed by atoms with Crippen LogP contribution >= 0.6 is 0 Å². The van der Waals surface area contributed by atoms with E-state index in [0.29, 0.717) is 12.8 Å². The highest BCUT2D eigenvalue weighted by Crippen LogP contribution is 2.65. The zero-order valence-corrected chi connectivity index (χ0v) is 20.4. The van der Waals surface area contributed by atoms with Crippen LogP contribution in [0.4, 0.5) is 4.79 Å². The molecule has 0 aromatic heterocycles. The van der Waals surface area contributed by atoms with Gasteiger partial charge in [-0.05, 0) is 46.5 Å². The van der Waals surface area contributed by atoms with Gasteiger partial charge in [0.25, 0.3) is 0 Å². The monoisotopic (exact) mass is 478 g/mol. The van der Waals surface area contributed by atoms with Crippen LogP contribution in [-0.4, -0.2) is 69.3 Å². The summed E-state index contributed by atoms with van der Waals surface area (Å²) >= 11 is 0. The molecular weight excluding hydrogens is 444 g/mol. The number of carbonyl (C=O) groups excluding carboxylic acids is 2. The molecule has 0 aromatic rings. The summed E-state index contributed by atoms with van der Waals surface area (Å²) in [6, 6.07) is 0. The van der Waals surface area contributed by atoms with Crippen LogP contribution in [0.5, 0.6) is 0 Å². The van der Waals surface area contributed by atoms with Crippen molar-refractivity contribution < 1.29 is 43.5 Å². The van der Waals surface area contributed by atoms with Gasteiger partial charge in [0.1, 0.15) is 6.10 Å². The molecule has 34 heavy (non-hydrogen) atoms. The van der Waals surface area contributed by atoms with Crippen LogP contribution in [-0.2, 0) is 28.5 Å². The van der Waals surface area contributed by atoms with Crippen molar-refractivity contribution in [1.82, 2.24) is 0 Å². The predicted octanol–water partition coefficient (Wildman–Crippen LogP) is 2.53. The van der Waals surface area contributed by atoms with Crippen LogP contribution < -0.4 is 0 Å². The van der Waals surface area contributed by atoms with E-state index in [9.17, 15) is 19.8 Å². The summed E-state index contributed by atoms with van der Waals surface area (Å²) < 4.78 is 30.2. The third-order valence-electron chi connectivity index (χ3n) is 8.99. The van der Waals surface area contributed by atoms with Crippen molar-refractivity contribution in [2.75, 3.05) is 0 Å². The molecule has 9 heteroatoms. The molecule has 0 radical (unpaired) electrons. The Labute approximate surface area is 199 Å². The molecule has 2 saturated heterocycles. The van der Waals surface area contributed by atoms with Crippen LogP contribution in [0.2, 0.25) is 0 Å². The Kier molecular flexibility index (Phi) is 4.78. The smallest absolute Gasteiger partial charge is 0.456 e. The minimum absolute atomic E-state index is 0.0308. The quantitative estimate of drug-likeness (QED) is 0.433. The Morgan fingerprint density at radius 1 is 1.09 bits per heavy atom. The average molecular weight is 479 g/mol. The molecule has 3 saturated carbocycles. The fourth-order valence-electron chi connectivity index (χ4n) is 7.34. The topological polar surface area (TPSA) is 121 Å². The lowest BCUT2D eigenvalue weighted by Crippen LogP contribution is -2.79. The lowest BCUT2D eigenvalue weighted by Gasteiger charge is -2.66. The Morgan fingerprint density at radius 3 is 2.41 bits per heavy atom. The summed E-state index contributed by atoms with van der Waals surface area (Å²) in [5.41, 5.74) is -5.51. The second kappa shape index (κ2) is 6.84. The molecule has 5 fully saturated rings. The summed E-state index contributed by atoms with van der Waals surface area (Å²) in [4.78, 5) is 25.0. The number of ether oxygens (including phenoxy) is 5. The Hall–Kier alpha value is -1.94. The highest BCUT2D eigenvalue weighted by molar-refractivity contribution is 5.68. The van der Waals surface area contributed by atoms with Gasteiger partial charge >= 0.3 is 12.1 Å². The summed E-state index contributed by atoms with van der Waals surface area (Å²) in [7, 11) is 0. The van der Waals surface area contributed by atoms with Gasteiger partial charge in [-0.2, -0.15) is 0 Å². The lowest BCUT2D eigenvalue weighted by molar-refractivity contribution is -0.391. The molecule has 0 aromatic carbocycles. The standard InChI is InChI=1S/C25H34O9/c1-12-8-9-15-23(7)16(12)17-24(34-20(27)31-17)11-10-22(6,28)25(29,13(24)2)19(30-14(3)26)18(23)33-21(4,5)32-15/h15-19,28-29H,1-2,8-11H2,3-7H3/t15?,16-,17-,18?,19?,22+,23?,24?,25?/m0/s1. The van der Waals surface area contributed by atoms with Crippen molar-refractivity contribution >= 4 is 12.1 Å². The lowest BCUT2D eigenvalue weighted by atomic mass is 9.47. The molecule has 188 valence electrons. The number of rotatable bonds is 1. The maximum absolute atomic E-state index is 12.6. The van der Waals surface area contributed by atoms with Gasteiger partial charge in [0.15, 0.2) is 29.2 Å². The van der Waals surface area contributed by atoms with Gasteiger partial charge < -0.3 is 33.9 Å². The second-order valence-electron chi connectivity index (χ2n) is 11.4. The SMILES string of the molecule is C=C1CCC2OC(C)(C)OC3C(OC(C)=O)C4(O)C(=C)C5(CC[C@@]4(C)O)OC(=O)O[C@H]5[C@H]1C23C. The van der Waals surface area contributed by atoms with Gasteiger partial charge in [-0.15, -0.1) is 0 Å². The Bertz CT molecular complexity index is 985. The molecule has 9 nitrogen and oxygen atoms in total. The van der Waals surface area contributed by atoms with E-state index in [-0.39, 0.29) is 18.4 Å². The molecule has 2 heterocycles. The van der Waals surface area contributed by atoms with Crippen LogP contribution in [0.3, 0.4) is 0 Å². The van der Waals surface area contributed by atoms with Gasteiger partial charge in [-0.3, -0.25) is 4.79 Å². The van der Waals surface area contributed by atoms with E-state index in [1.807, 2.05) is 6.92 Å². The van der Waals surface area contributed by atoms with Crippen LogP contribution in [0, 0.1) is 11.3 Å². The summed E-state index contributed by atoms with van der Waals surface area (Å²) in [6.07, 6.45) is -3.00. The first-order valence-corrected chi connectivity index (χ1v) is 11.8. The normalized spacial score (nSPS) is 51.3. The van der Waals surface area contributed by atoms with E-state index in [1.165, 1.54) is 13.8 Å². The van der Waals surface area contributed by atoms with E-state index in [2.05, 4.69) is 13.2 Å². The van der Waals surface area contributed by atoms with Crippen molar-refractivity contribution in [1.29, 1.82) is 0 Å². The van der Waals surface area contributed by atoms with Crippen LogP contribution in [0.25, 0.3) is 0 Å². The number of esters is 1. The van der Waals surface area contributed by atoms with Gasteiger partial charge in [-0.25, -0.2) is 4.79 Å². The number of fused-ring (bicyclic) bond motifs is 2. The fraction of sp³-hybridized carbons (Fsp3) is 0.760. The van der Waals surface area contributed by atoms with Crippen LogP contribution in [0.15, 0.2) is 24.3 Å². The molecule has 5 rings (SSSR count). The van der Waals surface area contributed by atoms with Gasteiger partial charge in [0, 0.05) is 23.8 Å². The first-order valence-electron chi connectivity index (χ1n) is 11.8. The zero-order chi connectivity index (χ0) is 25.1. The van der Waals surface area contributed by atoms with E-state index < -0.39 is 70.5 Å². The summed E-state index contributed by atoms with van der Waals surface area (Å²) in [6.45, 7) is 16.6. The van der Waals surface area contributed by atoms with Gasteiger partial charge in [-0.1, -0.05) is 25.7 Å². The minimum atomic E-state index is -2.21.